The highest BCUT2D eigenvalue weighted by atomic mass is 28.3. The molecule has 0 spiro atoms. The number of rotatable bonds is 7. The molecule has 0 heterocycles. The number of hydrogen-bond acceptors (Lipinski definition) is 0. The topological polar surface area (TPSA) is 0 Å². The Kier molecular flexibility index (Phi) is 8.51. The van der Waals surface area contributed by atoms with Crippen molar-refractivity contribution in [3.05, 3.63) is 185 Å². The van der Waals surface area contributed by atoms with Crippen LogP contribution in [0.4, 0.5) is 0 Å². The summed E-state index contributed by atoms with van der Waals surface area (Å²) < 4.78 is 0. The second kappa shape index (κ2) is 12.8. The maximum absolute atomic E-state index is 2.92. The molecule has 0 saturated heterocycles. The molecule has 1 aliphatic carbocycles. The minimum atomic E-state index is -2.92. The number of allylic oxidation sites excluding steroid dienone is 4. The lowest BCUT2D eigenvalue weighted by Crippen LogP contribution is -2.73. The first-order valence-electron chi connectivity index (χ1n) is 17.5. The van der Waals surface area contributed by atoms with E-state index in [-0.39, 0.29) is 5.04 Å². The third kappa shape index (κ3) is 5.67. The number of aryl methyl sites for hydroxylation is 3. The van der Waals surface area contributed by atoms with Crippen LogP contribution in [-0.4, -0.2) is 8.07 Å². The van der Waals surface area contributed by atoms with Gasteiger partial charge in [0.25, 0.3) is 0 Å². The summed E-state index contributed by atoms with van der Waals surface area (Å²) in [5.41, 5.74) is 15.7. The molecule has 0 radical (unpaired) electrons. The highest BCUT2D eigenvalue weighted by Gasteiger charge is 2.56. The van der Waals surface area contributed by atoms with Gasteiger partial charge in [-0.25, -0.2) is 0 Å². The molecule has 6 aromatic carbocycles. The summed E-state index contributed by atoms with van der Waals surface area (Å²) in [6.07, 6.45) is 2.61. The largest absolute Gasteiger partial charge is 0.161 e. The highest BCUT2D eigenvalue weighted by Crippen LogP contribution is 2.53. The quantitative estimate of drug-likeness (QED) is 0.119. The normalized spacial score (nSPS) is 16.2. The molecule has 0 aliphatic heterocycles. The molecule has 0 nitrogen and oxygen atoms in total. The van der Waals surface area contributed by atoms with Gasteiger partial charge in [-0.3, -0.25) is 0 Å². The van der Waals surface area contributed by atoms with Gasteiger partial charge in [-0.05, 0) is 96.1 Å². The molecule has 1 atom stereocenters. The summed E-state index contributed by atoms with van der Waals surface area (Å²) in [6.45, 7) is 16.0. The molecule has 0 aromatic heterocycles. The van der Waals surface area contributed by atoms with Gasteiger partial charge in [0, 0.05) is 5.04 Å². The van der Waals surface area contributed by atoms with Crippen LogP contribution in [0.2, 0.25) is 5.04 Å². The molecule has 0 N–H and O–H groups in total. The van der Waals surface area contributed by atoms with E-state index in [0.717, 1.165) is 0 Å². The van der Waals surface area contributed by atoms with E-state index in [9.17, 15) is 0 Å². The summed E-state index contributed by atoms with van der Waals surface area (Å²) in [6, 6.07) is 55.5. The zero-order valence-electron chi connectivity index (χ0n) is 29.9. The number of hydrogen-bond donors (Lipinski definition) is 0. The fourth-order valence-electron chi connectivity index (χ4n) is 8.16. The molecule has 6 aromatic rings. The van der Waals surface area contributed by atoms with Gasteiger partial charge < -0.3 is 0 Å². The summed E-state index contributed by atoms with van der Waals surface area (Å²) >= 11 is 0. The fraction of sp³-hybridized carbons (Fsp3) is 0.167. The first-order valence-corrected chi connectivity index (χ1v) is 19.5. The minimum Gasteiger partial charge on any atom is -0.0730 e. The van der Waals surface area contributed by atoms with Crippen molar-refractivity contribution in [1.29, 1.82) is 0 Å². The van der Waals surface area contributed by atoms with Crippen LogP contribution in [0.15, 0.2) is 168 Å². The summed E-state index contributed by atoms with van der Waals surface area (Å²) in [4.78, 5) is 0. The van der Waals surface area contributed by atoms with Crippen LogP contribution in [0, 0.1) is 20.8 Å². The Labute approximate surface area is 294 Å². The summed E-state index contributed by atoms with van der Waals surface area (Å²) in [7, 11) is -2.92. The maximum Gasteiger partial charge on any atom is 0.161 e. The summed E-state index contributed by atoms with van der Waals surface area (Å²) in [5.74, 6) is 0. The van der Waals surface area contributed by atoms with Crippen molar-refractivity contribution in [1.82, 2.24) is 0 Å². The lowest BCUT2D eigenvalue weighted by molar-refractivity contribution is 0.870. The lowest BCUT2D eigenvalue weighted by Gasteiger charge is -2.47. The van der Waals surface area contributed by atoms with Crippen LogP contribution in [0.3, 0.4) is 0 Å². The lowest BCUT2D eigenvalue weighted by atomic mass is 10.0. The molecule has 0 fully saturated rings. The van der Waals surface area contributed by atoms with Crippen LogP contribution in [0.1, 0.15) is 44.4 Å². The molecule has 1 unspecified atom stereocenters. The first-order chi connectivity index (χ1) is 23.6. The van der Waals surface area contributed by atoms with Gasteiger partial charge in [0.15, 0.2) is 8.07 Å². The van der Waals surface area contributed by atoms with Gasteiger partial charge in [-0.1, -0.05) is 186 Å². The Morgan fingerprint density at radius 1 is 0.388 bits per heavy atom. The van der Waals surface area contributed by atoms with Gasteiger partial charge in [-0.2, -0.15) is 0 Å². The standard InChI is InChI=1S/C48H46Si/c1-33-17-23-39(24-18-33)42-11-8-14-45(29-42)49(48(7)32-36(4)37(5)38(48)6,46-15-9-12-43(30-46)40-25-19-34(2)20-26-40)47-16-10-13-44(31-47)41-27-21-35(3)22-28-41/h8-32H,1-7H3. The Morgan fingerprint density at radius 2 is 0.714 bits per heavy atom. The van der Waals surface area contributed by atoms with Gasteiger partial charge in [0.05, 0.1) is 0 Å². The average molecular weight is 651 g/mol. The van der Waals surface area contributed by atoms with E-state index >= 15 is 0 Å². The van der Waals surface area contributed by atoms with Crippen LogP contribution in [0.25, 0.3) is 33.4 Å². The molecular formula is C48H46Si. The first kappa shape index (κ1) is 32.6. The van der Waals surface area contributed by atoms with E-state index in [4.69, 9.17) is 0 Å². The van der Waals surface area contributed by atoms with Crippen LogP contribution in [0.5, 0.6) is 0 Å². The van der Waals surface area contributed by atoms with E-state index in [1.807, 2.05) is 0 Å². The van der Waals surface area contributed by atoms with Crippen molar-refractivity contribution in [2.24, 2.45) is 0 Å². The van der Waals surface area contributed by atoms with E-state index < -0.39 is 8.07 Å². The van der Waals surface area contributed by atoms with E-state index in [1.54, 1.807) is 0 Å². The minimum absolute atomic E-state index is 0.217. The molecule has 1 heteroatoms. The predicted octanol–water partition coefficient (Wildman–Crippen LogP) is 11.1. The smallest absolute Gasteiger partial charge is 0.0730 e. The maximum atomic E-state index is 2.61. The van der Waals surface area contributed by atoms with Gasteiger partial charge in [-0.15, -0.1) is 0 Å². The highest BCUT2D eigenvalue weighted by molar-refractivity contribution is 7.14. The number of benzene rings is 6. The van der Waals surface area contributed by atoms with Crippen LogP contribution >= 0.6 is 0 Å². The molecule has 242 valence electrons. The van der Waals surface area contributed by atoms with Crippen LogP contribution < -0.4 is 15.6 Å². The molecular weight excluding hydrogens is 605 g/mol. The van der Waals surface area contributed by atoms with Crippen LogP contribution in [-0.2, 0) is 0 Å². The molecule has 0 bridgehead atoms. The Morgan fingerprint density at radius 3 is 1.00 bits per heavy atom. The van der Waals surface area contributed by atoms with Crippen molar-refractivity contribution < 1.29 is 0 Å². The Balaban J connectivity index is 1.59. The Bertz CT molecular complexity index is 2000. The average Bonchev–Trinajstić information content (AvgIpc) is 3.32. The molecule has 0 saturated carbocycles. The summed E-state index contributed by atoms with van der Waals surface area (Å²) in [5, 5.41) is 4.06. The molecule has 1 aliphatic rings. The van der Waals surface area contributed by atoms with E-state index in [2.05, 4.69) is 200 Å². The monoisotopic (exact) mass is 650 g/mol. The Hall–Kier alpha value is -4.98. The van der Waals surface area contributed by atoms with Crippen molar-refractivity contribution in [2.75, 3.05) is 0 Å². The van der Waals surface area contributed by atoms with Gasteiger partial charge in [0.1, 0.15) is 0 Å². The fourth-order valence-corrected chi connectivity index (χ4v) is 14.3. The van der Waals surface area contributed by atoms with Crippen molar-refractivity contribution in [2.45, 2.75) is 53.5 Å². The third-order valence-corrected chi connectivity index (χ3v) is 16.9. The van der Waals surface area contributed by atoms with Crippen molar-refractivity contribution in [3.8, 4) is 33.4 Å². The second-order valence-corrected chi connectivity index (χ2v) is 18.6. The molecule has 49 heavy (non-hydrogen) atoms. The zero-order chi connectivity index (χ0) is 34.3. The van der Waals surface area contributed by atoms with Gasteiger partial charge >= 0.3 is 0 Å². The second-order valence-electron chi connectivity index (χ2n) is 14.4. The predicted molar refractivity (Wildman–Crippen MR) is 215 cm³/mol. The van der Waals surface area contributed by atoms with E-state index in [0.29, 0.717) is 0 Å². The van der Waals surface area contributed by atoms with E-state index in [1.165, 1.54) is 82.4 Å². The SMILES string of the molecule is CC1=CC(C)([Si](c2cccc(-c3ccc(C)cc3)c2)(c2cccc(-c3ccc(C)cc3)c2)c2cccc(-c3ccc(C)cc3)c2)C(C)=C1C. The van der Waals surface area contributed by atoms with Crippen molar-refractivity contribution in [3.63, 3.8) is 0 Å². The molecule has 0 amide bonds. The third-order valence-electron chi connectivity index (χ3n) is 11.3. The molecule has 7 rings (SSSR count). The zero-order valence-corrected chi connectivity index (χ0v) is 30.9. The van der Waals surface area contributed by atoms with Gasteiger partial charge in [0.2, 0.25) is 0 Å². The van der Waals surface area contributed by atoms with Crippen molar-refractivity contribution >= 4 is 23.6 Å².